The molecule has 0 aliphatic rings. The summed E-state index contributed by atoms with van der Waals surface area (Å²) in [6.07, 6.45) is -0.561. The zero-order valence-electron chi connectivity index (χ0n) is 10.9. The van der Waals surface area contributed by atoms with Crippen LogP contribution in [0.4, 0.5) is 9.18 Å². The Balaban J connectivity index is 2.49. The lowest BCUT2D eigenvalue weighted by Gasteiger charge is -2.21. The van der Waals surface area contributed by atoms with E-state index in [4.69, 9.17) is 10.5 Å². The molecule has 5 heteroatoms. The van der Waals surface area contributed by atoms with Crippen molar-refractivity contribution < 1.29 is 13.9 Å². The van der Waals surface area contributed by atoms with Crippen LogP contribution in [-0.4, -0.2) is 18.2 Å². The number of ether oxygens (including phenoxy) is 1. The predicted octanol–water partition coefficient (Wildman–Crippen LogP) is 2.35. The minimum absolute atomic E-state index is 0.121. The molecular weight excluding hydrogens is 235 g/mol. The van der Waals surface area contributed by atoms with Gasteiger partial charge in [-0.15, -0.1) is 0 Å². The fourth-order valence-corrected chi connectivity index (χ4v) is 1.39. The van der Waals surface area contributed by atoms with Gasteiger partial charge in [-0.25, -0.2) is 9.18 Å². The monoisotopic (exact) mass is 254 g/mol. The Labute approximate surface area is 106 Å². The molecule has 18 heavy (non-hydrogen) atoms. The highest BCUT2D eigenvalue weighted by molar-refractivity contribution is 5.67. The zero-order chi connectivity index (χ0) is 13.8. The second kappa shape index (κ2) is 5.82. The molecule has 3 N–H and O–H groups in total. The maximum Gasteiger partial charge on any atom is 0.407 e. The van der Waals surface area contributed by atoms with E-state index in [2.05, 4.69) is 5.32 Å². The molecule has 0 fully saturated rings. The van der Waals surface area contributed by atoms with Gasteiger partial charge in [0, 0.05) is 12.1 Å². The summed E-state index contributed by atoms with van der Waals surface area (Å²) in [4.78, 5) is 11.4. The van der Waals surface area contributed by atoms with Crippen molar-refractivity contribution in [2.45, 2.75) is 32.4 Å². The molecule has 0 aliphatic heterocycles. The Morgan fingerprint density at radius 2 is 2.06 bits per heavy atom. The lowest BCUT2D eigenvalue weighted by atomic mass is 10.1. The molecule has 1 aromatic rings. The van der Waals surface area contributed by atoms with Crippen molar-refractivity contribution in [3.05, 3.63) is 35.6 Å². The molecule has 0 radical (unpaired) electrons. The van der Waals surface area contributed by atoms with Crippen molar-refractivity contribution in [1.29, 1.82) is 0 Å². The predicted molar refractivity (Wildman–Crippen MR) is 67.6 cm³/mol. The summed E-state index contributed by atoms with van der Waals surface area (Å²) in [5, 5.41) is 2.51. The van der Waals surface area contributed by atoms with Crippen LogP contribution in [0.1, 0.15) is 32.4 Å². The van der Waals surface area contributed by atoms with Gasteiger partial charge < -0.3 is 15.8 Å². The fourth-order valence-electron chi connectivity index (χ4n) is 1.39. The van der Waals surface area contributed by atoms with Crippen LogP contribution >= 0.6 is 0 Å². The summed E-state index contributed by atoms with van der Waals surface area (Å²) in [5.41, 5.74) is 5.60. The van der Waals surface area contributed by atoms with Gasteiger partial charge in [-0.05, 0) is 26.8 Å². The molecule has 0 aromatic heterocycles. The van der Waals surface area contributed by atoms with Gasteiger partial charge in [0.2, 0.25) is 0 Å². The van der Waals surface area contributed by atoms with Gasteiger partial charge in [0.25, 0.3) is 0 Å². The summed E-state index contributed by atoms with van der Waals surface area (Å²) in [7, 11) is 0. The number of nitrogens with two attached hydrogens (primary N) is 1. The maximum atomic E-state index is 13.4. The van der Waals surface area contributed by atoms with Crippen molar-refractivity contribution in [3.8, 4) is 0 Å². The van der Waals surface area contributed by atoms with E-state index >= 15 is 0 Å². The molecule has 4 nitrogen and oxygen atoms in total. The van der Waals surface area contributed by atoms with Crippen LogP contribution in [0.15, 0.2) is 24.3 Å². The average molecular weight is 254 g/mol. The largest absolute Gasteiger partial charge is 0.444 e. The number of benzene rings is 1. The summed E-state index contributed by atoms with van der Waals surface area (Å²) in [6.45, 7) is 5.42. The highest BCUT2D eigenvalue weighted by Crippen LogP contribution is 2.14. The Morgan fingerprint density at radius 1 is 1.44 bits per heavy atom. The highest BCUT2D eigenvalue weighted by atomic mass is 19.1. The van der Waals surface area contributed by atoms with Crippen LogP contribution in [0, 0.1) is 5.82 Å². The minimum atomic E-state index is -0.598. The minimum Gasteiger partial charge on any atom is -0.444 e. The molecule has 1 atom stereocenters. The Morgan fingerprint density at radius 3 is 2.61 bits per heavy atom. The highest BCUT2D eigenvalue weighted by Gasteiger charge is 2.17. The van der Waals surface area contributed by atoms with Crippen molar-refractivity contribution in [1.82, 2.24) is 5.32 Å². The quantitative estimate of drug-likeness (QED) is 0.870. The van der Waals surface area contributed by atoms with E-state index in [-0.39, 0.29) is 12.4 Å². The van der Waals surface area contributed by atoms with Crippen LogP contribution in [-0.2, 0) is 4.74 Å². The number of alkyl carbamates (subject to hydrolysis) is 1. The summed E-state index contributed by atoms with van der Waals surface area (Å²) < 4.78 is 18.5. The lowest BCUT2D eigenvalue weighted by molar-refractivity contribution is 0.0524. The second-order valence-electron chi connectivity index (χ2n) is 5.01. The topological polar surface area (TPSA) is 64.3 Å². The number of nitrogens with one attached hydrogen (secondary N) is 1. The maximum absolute atomic E-state index is 13.4. The van der Waals surface area contributed by atoms with Crippen LogP contribution in [0.2, 0.25) is 0 Å². The molecule has 0 saturated heterocycles. The summed E-state index contributed by atoms with van der Waals surface area (Å²) in [5.74, 6) is -0.379. The van der Waals surface area contributed by atoms with E-state index in [1.165, 1.54) is 6.07 Å². The van der Waals surface area contributed by atoms with Gasteiger partial charge in [0.1, 0.15) is 11.4 Å². The van der Waals surface area contributed by atoms with Gasteiger partial charge in [0.15, 0.2) is 0 Å². The number of amides is 1. The SMILES string of the molecule is CC(C)(C)OC(=O)NC[C@H](N)c1ccccc1F. The molecule has 1 amide bonds. The van der Waals surface area contributed by atoms with Crippen LogP contribution < -0.4 is 11.1 Å². The molecule has 1 aromatic carbocycles. The molecule has 1 rings (SSSR count). The zero-order valence-corrected chi connectivity index (χ0v) is 10.9. The first-order chi connectivity index (χ1) is 8.29. The third-order valence-corrected chi connectivity index (χ3v) is 2.17. The first kappa shape index (κ1) is 14.4. The molecule has 0 saturated carbocycles. The first-order valence-electron chi connectivity index (χ1n) is 5.76. The normalized spacial score (nSPS) is 12.9. The van der Waals surface area contributed by atoms with Gasteiger partial charge in [-0.2, -0.15) is 0 Å². The van der Waals surface area contributed by atoms with Crippen molar-refractivity contribution >= 4 is 6.09 Å². The number of carbonyl (C=O) groups excluding carboxylic acids is 1. The number of halogens is 1. The molecule has 0 bridgehead atoms. The van der Waals surface area contributed by atoms with Crippen LogP contribution in [0.25, 0.3) is 0 Å². The van der Waals surface area contributed by atoms with Gasteiger partial charge in [-0.3, -0.25) is 0 Å². The number of rotatable bonds is 3. The van der Waals surface area contributed by atoms with Crippen molar-refractivity contribution in [2.75, 3.05) is 6.54 Å². The second-order valence-corrected chi connectivity index (χ2v) is 5.01. The number of hydrogen-bond donors (Lipinski definition) is 2. The average Bonchev–Trinajstić information content (AvgIpc) is 2.24. The third-order valence-electron chi connectivity index (χ3n) is 2.17. The Kier molecular flexibility index (Phi) is 4.67. The smallest absolute Gasteiger partial charge is 0.407 e. The number of hydrogen-bond acceptors (Lipinski definition) is 3. The molecule has 0 heterocycles. The summed E-state index contributed by atoms with van der Waals surface area (Å²) >= 11 is 0. The van der Waals surface area contributed by atoms with Crippen molar-refractivity contribution in [2.24, 2.45) is 5.73 Å². The van der Waals surface area contributed by atoms with E-state index in [0.29, 0.717) is 5.56 Å². The van der Waals surface area contributed by atoms with E-state index in [9.17, 15) is 9.18 Å². The third kappa shape index (κ3) is 4.71. The van der Waals surface area contributed by atoms with Gasteiger partial charge in [-0.1, -0.05) is 18.2 Å². The van der Waals surface area contributed by atoms with Gasteiger partial charge in [0.05, 0.1) is 6.04 Å². The molecule has 0 spiro atoms. The Bertz CT molecular complexity index is 416. The summed E-state index contributed by atoms with van der Waals surface area (Å²) in [6, 6.07) is 5.62. The van der Waals surface area contributed by atoms with E-state index in [1.54, 1.807) is 39.0 Å². The van der Waals surface area contributed by atoms with Crippen LogP contribution in [0.5, 0.6) is 0 Å². The van der Waals surface area contributed by atoms with E-state index in [1.807, 2.05) is 0 Å². The van der Waals surface area contributed by atoms with Crippen molar-refractivity contribution in [3.63, 3.8) is 0 Å². The first-order valence-corrected chi connectivity index (χ1v) is 5.76. The van der Waals surface area contributed by atoms with Gasteiger partial charge >= 0.3 is 6.09 Å². The standard InChI is InChI=1S/C13H19FN2O2/c1-13(2,3)18-12(17)16-8-11(15)9-6-4-5-7-10(9)14/h4-7,11H,8,15H2,1-3H3,(H,16,17)/t11-/m0/s1. The molecule has 0 unspecified atom stereocenters. The van der Waals surface area contributed by atoms with E-state index in [0.717, 1.165) is 0 Å². The van der Waals surface area contributed by atoms with E-state index < -0.39 is 17.7 Å². The van der Waals surface area contributed by atoms with Crippen LogP contribution in [0.3, 0.4) is 0 Å². The fraction of sp³-hybridized carbons (Fsp3) is 0.462. The molecule has 0 aliphatic carbocycles. The molecular formula is C13H19FN2O2. The lowest BCUT2D eigenvalue weighted by Crippen LogP contribution is -2.36. The number of carbonyl (C=O) groups is 1. The molecule has 100 valence electrons. The Hall–Kier alpha value is -1.62.